The molecular weight excluding hydrogens is 243 g/mol. The SMILES string of the molecule is NCC#Cc1cc(CN2CCCC2CO)ccc1F. The van der Waals surface area contributed by atoms with Crippen LogP contribution in [0.5, 0.6) is 0 Å². The number of rotatable bonds is 3. The molecule has 3 N–H and O–H groups in total. The zero-order valence-corrected chi connectivity index (χ0v) is 10.9. The van der Waals surface area contributed by atoms with Gasteiger partial charge in [0.25, 0.3) is 0 Å². The summed E-state index contributed by atoms with van der Waals surface area (Å²) in [5, 5.41) is 9.29. The van der Waals surface area contributed by atoms with Gasteiger partial charge in [-0.2, -0.15) is 0 Å². The summed E-state index contributed by atoms with van der Waals surface area (Å²) in [6.45, 7) is 2.11. The Labute approximate surface area is 113 Å². The maximum Gasteiger partial charge on any atom is 0.138 e. The van der Waals surface area contributed by atoms with Crippen molar-refractivity contribution in [3.8, 4) is 11.8 Å². The van der Waals surface area contributed by atoms with Crippen LogP contribution in [0.15, 0.2) is 18.2 Å². The summed E-state index contributed by atoms with van der Waals surface area (Å²) in [6, 6.07) is 5.21. The van der Waals surface area contributed by atoms with E-state index in [0.717, 1.165) is 31.5 Å². The number of aliphatic hydroxyl groups excluding tert-OH is 1. The molecule has 1 saturated heterocycles. The van der Waals surface area contributed by atoms with E-state index in [0.29, 0.717) is 5.56 Å². The number of nitrogens with two attached hydrogens (primary N) is 1. The summed E-state index contributed by atoms with van der Waals surface area (Å²) in [4.78, 5) is 2.23. The topological polar surface area (TPSA) is 49.5 Å². The minimum atomic E-state index is -0.315. The van der Waals surface area contributed by atoms with E-state index in [-0.39, 0.29) is 25.0 Å². The molecule has 0 aromatic heterocycles. The molecule has 0 bridgehead atoms. The molecule has 0 spiro atoms. The highest BCUT2D eigenvalue weighted by molar-refractivity contribution is 5.38. The first kappa shape index (κ1) is 14.0. The summed E-state index contributed by atoms with van der Waals surface area (Å²) in [5.41, 5.74) is 6.71. The van der Waals surface area contributed by atoms with Crippen molar-refractivity contribution in [2.24, 2.45) is 5.73 Å². The highest BCUT2D eigenvalue weighted by atomic mass is 19.1. The summed E-state index contributed by atoms with van der Waals surface area (Å²) in [7, 11) is 0. The standard InChI is InChI=1S/C15H19FN2O/c16-15-6-5-12(9-13(15)3-1-7-17)10-18-8-2-4-14(18)11-19/h5-6,9,14,19H,2,4,7-8,10-11,17H2. The Morgan fingerprint density at radius 2 is 2.32 bits per heavy atom. The molecule has 1 aromatic rings. The van der Waals surface area contributed by atoms with Crippen LogP contribution >= 0.6 is 0 Å². The van der Waals surface area contributed by atoms with Crippen molar-refractivity contribution < 1.29 is 9.50 Å². The molecule has 2 rings (SSSR count). The number of nitrogens with zero attached hydrogens (tertiary/aromatic N) is 1. The maximum atomic E-state index is 13.6. The summed E-state index contributed by atoms with van der Waals surface area (Å²) >= 11 is 0. The van der Waals surface area contributed by atoms with Crippen LogP contribution in [-0.4, -0.2) is 35.7 Å². The van der Waals surface area contributed by atoms with Crippen molar-refractivity contribution in [2.75, 3.05) is 19.7 Å². The molecule has 1 aliphatic rings. The molecular formula is C15H19FN2O. The van der Waals surface area contributed by atoms with E-state index in [2.05, 4.69) is 16.7 Å². The van der Waals surface area contributed by atoms with E-state index in [4.69, 9.17) is 5.73 Å². The van der Waals surface area contributed by atoms with Gasteiger partial charge >= 0.3 is 0 Å². The van der Waals surface area contributed by atoms with Crippen molar-refractivity contribution in [1.82, 2.24) is 4.90 Å². The number of hydrogen-bond donors (Lipinski definition) is 2. The van der Waals surface area contributed by atoms with Crippen LogP contribution < -0.4 is 5.73 Å². The predicted molar refractivity (Wildman–Crippen MR) is 72.9 cm³/mol. The average molecular weight is 262 g/mol. The molecule has 1 unspecified atom stereocenters. The lowest BCUT2D eigenvalue weighted by Gasteiger charge is -2.22. The molecule has 3 nitrogen and oxygen atoms in total. The van der Waals surface area contributed by atoms with E-state index in [1.807, 2.05) is 0 Å². The maximum absolute atomic E-state index is 13.6. The van der Waals surface area contributed by atoms with Crippen LogP contribution in [-0.2, 0) is 6.54 Å². The summed E-state index contributed by atoms with van der Waals surface area (Å²) in [5.74, 6) is 5.10. The van der Waals surface area contributed by atoms with E-state index < -0.39 is 0 Å². The Bertz CT molecular complexity index is 493. The van der Waals surface area contributed by atoms with Crippen LogP contribution in [0.4, 0.5) is 4.39 Å². The molecule has 0 saturated carbocycles. The van der Waals surface area contributed by atoms with Crippen molar-refractivity contribution in [3.63, 3.8) is 0 Å². The number of hydrogen-bond acceptors (Lipinski definition) is 3. The van der Waals surface area contributed by atoms with Crippen LogP contribution in [0.3, 0.4) is 0 Å². The Hall–Kier alpha value is -1.41. The average Bonchev–Trinajstić information content (AvgIpc) is 2.86. The second-order valence-electron chi connectivity index (χ2n) is 4.77. The highest BCUT2D eigenvalue weighted by Gasteiger charge is 2.23. The van der Waals surface area contributed by atoms with E-state index in [9.17, 15) is 9.50 Å². The lowest BCUT2D eigenvalue weighted by Crippen LogP contribution is -2.31. The first-order valence-electron chi connectivity index (χ1n) is 6.57. The molecule has 1 aliphatic heterocycles. The fourth-order valence-corrected chi connectivity index (χ4v) is 2.46. The third-order valence-corrected chi connectivity index (χ3v) is 3.45. The summed E-state index contributed by atoms with van der Waals surface area (Å²) < 4.78 is 13.6. The fraction of sp³-hybridized carbons (Fsp3) is 0.467. The van der Waals surface area contributed by atoms with Gasteiger partial charge in [0.2, 0.25) is 0 Å². The number of likely N-dealkylation sites (tertiary alicyclic amines) is 1. The van der Waals surface area contributed by atoms with E-state index in [1.54, 1.807) is 12.1 Å². The third-order valence-electron chi connectivity index (χ3n) is 3.45. The first-order chi connectivity index (χ1) is 9.24. The molecule has 1 aromatic carbocycles. The van der Waals surface area contributed by atoms with Gasteiger partial charge in [0.05, 0.1) is 18.7 Å². The zero-order chi connectivity index (χ0) is 13.7. The lowest BCUT2D eigenvalue weighted by molar-refractivity contribution is 0.153. The Morgan fingerprint density at radius 1 is 1.47 bits per heavy atom. The largest absolute Gasteiger partial charge is 0.395 e. The fourth-order valence-electron chi connectivity index (χ4n) is 2.46. The summed E-state index contributed by atoms with van der Waals surface area (Å²) in [6.07, 6.45) is 2.13. The monoisotopic (exact) mass is 262 g/mol. The Balaban J connectivity index is 2.12. The van der Waals surface area contributed by atoms with Crippen molar-refractivity contribution in [1.29, 1.82) is 0 Å². The molecule has 19 heavy (non-hydrogen) atoms. The minimum Gasteiger partial charge on any atom is -0.395 e. The van der Waals surface area contributed by atoms with Gasteiger partial charge in [0.15, 0.2) is 0 Å². The van der Waals surface area contributed by atoms with Gasteiger partial charge in [-0.05, 0) is 37.1 Å². The van der Waals surface area contributed by atoms with Crippen LogP contribution in [0.2, 0.25) is 0 Å². The molecule has 0 amide bonds. The molecule has 102 valence electrons. The number of benzene rings is 1. The number of halogens is 1. The van der Waals surface area contributed by atoms with Gasteiger partial charge < -0.3 is 10.8 Å². The van der Waals surface area contributed by atoms with E-state index >= 15 is 0 Å². The van der Waals surface area contributed by atoms with Crippen LogP contribution in [0.1, 0.15) is 24.0 Å². The van der Waals surface area contributed by atoms with Gasteiger partial charge in [-0.15, -0.1) is 0 Å². The van der Waals surface area contributed by atoms with Gasteiger partial charge in [0.1, 0.15) is 5.82 Å². The predicted octanol–water partition coefficient (Wildman–Crippen LogP) is 1.09. The first-order valence-corrected chi connectivity index (χ1v) is 6.57. The van der Waals surface area contributed by atoms with E-state index in [1.165, 1.54) is 6.07 Å². The molecule has 1 heterocycles. The molecule has 0 aliphatic carbocycles. The highest BCUT2D eigenvalue weighted by Crippen LogP contribution is 2.20. The van der Waals surface area contributed by atoms with Crippen molar-refractivity contribution in [2.45, 2.75) is 25.4 Å². The second-order valence-corrected chi connectivity index (χ2v) is 4.77. The smallest absolute Gasteiger partial charge is 0.138 e. The van der Waals surface area contributed by atoms with Crippen LogP contribution in [0.25, 0.3) is 0 Å². The second kappa shape index (κ2) is 6.67. The quantitative estimate of drug-likeness (QED) is 0.802. The van der Waals surface area contributed by atoms with Gasteiger partial charge in [-0.25, -0.2) is 4.39 Å². The normalized spacial score (nSPS) is 19.2. The molecule has 1 fully saturated rings. The van der Waals surface area contributed by atoms with Crippen molar-refractivity contribution >= 4 is 0 Å². The Morgan fingerprint density at radius 3 is 3.05 bits per heavy atom. The van der Waals surface area contributed by atoms with Crippen molar-refractivity contribution in [3.05, 3.63) is 35.1 Å². The molecule has 4 heteroatoms. The van der Waals surface area contributed by atoms with Gasteiger partial charge in [-0.3, -0.25) is 4.90 Å². The minimum absolute atomic E-state index is 0.182. The third kappa shape index (κ3) is 3.54. The van der Waals surface area contributed by atoms with Crippen LogP contribution in [0, 0.1) is 17.7 Å². The van der Waals surface area contributed by atoms with Gasteiger partial charge in [-0.1, -0.05) is 17.9 Å². The van der Waals surface area contributed by atoms with Gasteiger partial charge in [0, 0.05) is 12.6 Å². The zero-order valence-electron chi connectivity index (χ0n) is 10.9. The molecule has 1 atom stereocenters. The number of aliphatic hydroxyl groups is 1. The Kier molecular flexibility index (Phi) is 4.92. The lowest BCUT2D eigenvalue weighted by atomic mass is 10.1. The molecule has 0 radical (unpaired) electrons.